The van der Waals surface area contributed by atoms with E-state index in [4.69, 9.17) is 4.52 Å². The fourth-order valence-corrected chi connectivity index (χ4v) is 2.45. The van der Waals surface area contributed by atoms with Crippen LogP contribution in [0.3, 0.4) is 0 Å². The van der Waals surface area contributed by atoms with E-state index in [0.29, 0.717) is 22.5 Å². The summed E-state index contributed by atoms with van der Waals surface area (Å²) in [5.41, 5.74) is 2.53. The molecule has 0 radical (unpaired) electrons. The van der Waals surface area contributed by atoms with E-state index in [1.807, 2.05) is 6.92 Å². The number of hydrogen-bond acceptors (Lipinski definition) is 6. The van der Waals surface area contributed by atoms with E-state index in [-0.39, 0.29) is 11.7 Å². The first-order valence-corrected chi connectivity index (χ1v) is 7.64. The standard InChI is InChI=1S/C18H11F2N5O/c1-10-4-5-21-8-13(10)12-6-16(23-9-14(12)20)17-24-18(26-25-17)15-3-2-11(19)7-22-15/h2-9H,1H3. The minimum atomic E-state index is -0.478. The number of nitrogens with zero attached hydrogens (tertiary/aromatic N) is 5. The molecular weight excluding hydrogens is 340 g/mol. The van der Waals surface area contributed by atoms with Gasteiger partial charge in [0.25, 0.3) is 5.89 Å². The van der Waals surface area contributed by atoms with Gasteiger partial charge in [-0.2, -0.15) is 4.98 Å². The average molecular weight is 351 g/mol. The molecule has 4 heterocycles. The fourth-order valence-electron chi connectivity index (χ4n) is 2.45. The molecule has 6 nitrogen and oxygen atoms in total. The quantitative estimate of drug-likeness (QED) is 0.558. The molecule has 0 saturated carbocycles. The summed E-state index contributed by atoms with van der Waals surface area (Å²) in [6.45, 7) is 1.86. The van der Waals surface area contributed by atoms with Crippen LogP contribution in [0.1, 0.15) is 5.56 Å². The van der Waals surface area contributed by atoms with Gasteiger partial charge in [-0.25, -0.2) is 18.7 Å². The second kappa shape index (κ2) is 6.40. The van der Waals surface area contributed by atoms with Gasteiger partial charge in [-0.3, -0.25) is 4.98 Å². The molecule has 0 aliphatic rings. The van der Waals surface area contributed by atoms with Crippen molar-refractivity contribution in [3.8, 4) is 34.2 Å². The van der Waals surface area contributed by atoms with Crippen LogP contribution in [0.25, 0.3) is 34.2 Å². The third-order valence-corrected chi connectivity index (χ3v) is 3.79. The largest absolute Gasteiger partial charge is 0.332 e. The Morgan fingerprint density at radius 1 is 0.923 bits per heavy atom. The monoisotopic (exact) mass is 351 g/mol. The maximum Gasteiger partial charge on any atom is 0.276 e. The lowest BCUT2D eigenvalue weighted by atomic mass is 10.0. The van der Waals surface area contributed by atoms with E-state index in [1.165, 1.54) is 18.2 Å². The van der Waals surface area contributed by atoms with Crippen LogP contribution < -0.4 is 0 Å². The summed E-state index contributed by atoms with van der Waals surface area (Å²) in [6.07, 6.45) is 5.38. The number of pyridine rings is 3. The summed E-state index contributed by atoms with van der Waals surface area (Å²) in [4.78, 5) is 16.2. The second-order valence-corrected chi connectivity index (χ2v) is 5.52. The Morgan fingerprint density at radius 3 is 2.54 bits per heavy atom. The normalized spacial score (nSPS) is 10.9. The fraction of sp³-hybridized carbons (Fsp3) is 0.0556. The predicted molar refractivity (Wildman–Crippen MR) is 88.6 cm³/mol. The lowest BCUT2D eigenvalue weighted by Gasteiger charge is -2.07. The van der Waals surface area contributed by atoms with Gasteiger partial charge in [0.1, 0.15) is 23.0 Å². The first-order valence-electron chi connectivity index (χ1n) is 7.64. The second-order valence-electron chi connectivity index (χ2n) is 5.52. The van der Waals surface area contributed by atoms with Gasteiger partial charge >= 0.3 is 0 Å². The molecule has 0 fully saturated rings. The number of halogens is 2. The molecule has 0 amide bonds. The van der Waals surface area contributed by atoms with Crippen LogP contribution in [0.4, 0.5) is 8.78 Å². The Balaban J connectivity index is 1.74. The van der Waals surface area contributed by atoms with E-state index in [9.17, 15) is 8.78 Å². The first kappa shape index (κ1) is 15.9. The van der Waals surface area contributed by atoms with Crippen LogP contribution in [-0.2, 0) is 0 Å². The van der Waals surface area contributed by atoms with Gasteiger partial charge < -0.3 is 4.52 Å². The van der Waals surface area contributed by atoms with Crippen molar-refractivity contribution in [1.82, 2.24) is 25.1 Å². The molecule has 0 atom stereocenters. The Kier molecular flexibility index (Phi) is 3.92. The highest BCUT2D eigenvalue weighted by atomic mass is 19.1. The summed E-state index contributed by atoms with van der Waals surface area (Å²) in [5, 5.41) is 3.85. The smallest absolute Gasteiger partial charge is 0.276 e. The molecule has 0 aliphatic heterocycles. The average Bonchev–Trinajstić information content (AvgIpc) is 3.13. The SMILES string of the molecule is Cc1ccncc1-c1cc(-c2noc(-c3ccc(F)cn3)n2)ncc1F. The van der Waals surface area contributed by atoms with Crippen LogP contribution >= 0.6 is 0 Å². The van der Waals surface area contributed by atoms with E-state index in [0.717, 1.165) is 18.0 Å². The summed E-state index contributed by atoms with van der Waals surface area (Å²) in [7, 11) is 0. The third kappa shape index (κ3) is 2.92. The molecule has 4 rings (SSSR count). The predicted octanol–water partition coefficient (Wildman–Crippen LogP) is 3.84. The highest BCUT2D eigenvalue weighted by Gasteiger charge is 2.16. The summed E-state index contributed by atoms with van der Waals surface area (Å²) in [6, 6.07) is 5.99. The molecule has 0 N–H and O–H groups in total. The maximum atomic E-state index is 14.3. The van der Waals surface area contributed by atoms with Crippen molar-refractivity contribution in [2.24, 2.45) is 0 Å². The Labute approximate surface area is 146 Å². The lowest BCUT2D eigenvalue weighted by molar-refractivity contribution is 0.430. The molecule has 0 unspecified atom stereocenters. The van der Waals surface area contributed by atoms with Gasteiger partial charge in [0.05, 0.1) is 12.4 Å². The zero-order valence-corrected chi connectivity index (χ0v) is 13.5. The minimum Gasteiger partial charge on any atom is -0.332 e. The van der Waals surface area contributed by atoms with Crippen molar-refractivity contribution in [2.45, 2.75) is 6.92 Å². The first-order chi connectivity index (χ1) is 12.6. The molecular formula is C18H11F2N5O. The van der Waals surface area contributed by atoms with Crippen LogP contribution in [0.2, 0.25) is 0 Å². The van der Waals surface area contributed by atoms with Crippen molar-refractivity contribution in [2.75, 3.05) is 0 Å². The van der Waals surface area contributed by atoms with Crippen molar-refractivity contribution in [1.29, 1.82) is 0 Å². The molecule has 4 aromatic rings. The molecule has 0 bridgehead atoms. The van der Waals surface area contributed by atoms with Gasteiger partial charge in [0.15, 0.2) is 0 Å². The highest BCUT2D eigenvalue weighted by molar-refractivity contribution is 5.70. The summed E-state index contributed by atoms with van der Waals surface area (Å²) >= 11 is 0. The molecule has 0 aromatic carbocycles. The van der Waals surface area contributed by atoms with Crippen molar-refractivity contribution >= 4 is 0 Å². The van der Waals surface area contributed by atoms with Crippen LogP contribution in [-0.4, -0.2) is 25.1 Å². The van der Waals surface area contributed by atoms with Gasteiger partial charge in [-0.1, -0.05) is 5.16 Å². The Hall–Kier alpha value is -3.55. The topological polar surface area (TPSA) is 77.6 Å². The summed E-state index contributed by atoms with van der Waals surface area (Å²) < 4.78 is 32.4. The molecule has 8 heteroatoms. The van der Waals surface area contributed by atoms with E-state index in [2.05, 4.69) is 25.1 Å². The Bertz CT molecular complexity index is 1080. The van der Waals surface area contributed by atoms with E-state index >= 15 is 0 Å². The third-order valence-electron chi connectivity index (χ3n) is 3.79. The van der Waals surface area contributed by atoms with E-state index in [1.54, 1.807) is 18.5 Å². The maximum absolute atomic E-state index is 14.3. The molecule has 128 valence electrons. The molecule has 4 aromatic heterocycles. The molecule has 0 aliphatic carbocycles. The minimum absolute atomic E-state index is 0.116. The summed E-state index contributed by atoms with van der Waals surface area (Å²) in [5.74, 6) is -0.655. The van der Waals surface area contributed by atoms with Crippen LogP contribution in [0.5, 0.6) is 0 Å². The van der Waals surface area contributed by atoms with Gasteiger partial charge in [0.2, 0.25) is 5.82 Å². The highest BCUT2D eigenvalue weighted by Crippen LogP contribution is 2.28. The van der Waals surface area contributed by atoms with Crippen molar-refractivity contribution < 1.29 is 13.3 Å². The molecule has 26 heavy (non-hydrogen) atoms. The van der Waals surface area contributed by atoms with Gasteiger partial charge in [-0.05, 0) is 36.8 Å². The van der Waals surface area contributed by atoms with Crippen LogP contribution in [0.15, 0.2) is 53.6 Å². The zero-order valence-electron chi connectivity index (χ0n) is 13.5. The Morgan fingerprint density at radius 2 is 1.77 bits per heavy atom. The zero-order chi connectivity index (χ0) is 18.1. The number of aromatic nitrogens is 5. The van der Waals surface area contributed by atoms with E-state index < -0.39 is 11.6 Å². The number of hydrogen-bond donors (Lipinski definition) is 0. The molecule has 0 saturated heterocycles. The number of aryl methyl sites for hydroxylation is 1. The lowest BCUT2D eigenvalue weighted by Crippen LogP contribution is -1.94. The number of rotatable bonds is 3. The van der Waals surface area contributed by atoms with Gasteiger partial charge in [-0.15, -0.1) is 0 Å². The van der Waals surface area contributed by atoms with Gasteiger partial charge in [0, 0.05) is 23.5 Å². The van der Waals surface area contributed by atoms with Crippen molar-refractivity contribution in [3.05, 3.63) is 66.3 Å². The molecule has 0 spiro atoms. The van der Waals surface area contributed by atoms with Crippen LogP contribution in [0, 0.1) is 18.6 Å². The van der Waals surface area contributed by atoms with Crippen molar-refractivity contribution in [3.63, 3.8) is 0 Å².